The van der Waals surface area contributed by atoms with Crippen molar-refractivity contribution in [3.8, 4) is 0 Å². The van der Waals surface area contributed by atoms with Crippen LogP contribution in [0.1, 0.15) is 13.3 Å². The molecule has 56 valence electrons. The van der Waals surface area contributed by atoms with Crippen molar-refractivity contribution in [3.05, 3.63) is 12.3 Å². The second kappa shape index (κ2) is 3.40. The summed E-state index contributed by atoms with van der Waals surface area (Å²) in [4.78, 5) is 10.4. The Morgan fingerprint density at radius 1 is 1.80 bits per heavy atom. The third kappa shape index (κ3) is 1.38. The van der Waals surface area contributed by atoms with Crippen LogP contribution in [0.3, 0.4) is 0 Å². The molecule has 1 aliphatic heterocycles. The molecule has 0 radical (unpaired) electrons. The largest absolute Gasteiger partial charge is 0.501 e. The standard InChI is InChI=1S/C8H12O2/c1-2-7-3-4-10-6-8(7)5-9/h3-5,7-8H,2,6H2,1H3. The van der Waals surface area contributed by atoms with Crippen molar-refractivity contribution in [2.24, 2.45) is 11.8 Å². The smallest absolute Gasteiger partial charge is 0.127 e. The summed E-state index contributed by atoms with van der Waals surface area (Å²) in [7, 11) is 0. The van der Waals surface area contributed by atoms with Crippen molar-refractivity contribution in [2.75, 3.05) is 6.61 Å². The number of rotatable bonds is 2. The van der Waals surface area contributed by atoms with E-state index in [2.05, 4.69) is 6.92 Å². The molecule has 2 atom stereocenters. The van der Waals surface area contributed by atoms with E-state index in [1.54, 1.807) is 6.26 Å². The van der Waals surface area contributed by atoms with Gasteiger partial charge in [-0.25, -0.2) is 0 Å². The normalized spacial score (nSPS) is 31.3. The molecule has 2 unspecified atom stereocenters. The molecule has 0 aromatic rings. The van der Waals surface area contributed by atoms with E-state index in [9.17, 15) is 4.79 Å². The van der Waals surface area contributed by atoms with E-state index in [4.69, 9.17) is 4.74 Å². The van der Waals surface area contributed by atoms with Crippen LogP contribution in [0.4, 0.5) is 0 Å². The highest BCUT2D eigenvalue weighted by atomic mass is 16.5. The van der Waals surface area contributed by atoms with E-state index in [0.29, 0.717) is 12.5 Å². The van der Waals surface area contributed by atoms with Crippen molar-refractivity contribution in [3.63, 3.8) is 0 Å². The van der Waals surface area contributed by atoms with Crippen LogP contribution in [0.25, 0.3) is 0 Å². The molecule has 0 aliphatic carbocycles. The quantitative estimate of drug-likeness (QED) is 0.541. The van der Waals surface area contributed by atoms with Gasteiger partial charge in [0.15, 0.2) is 0 Å². The Morgan fingerprint density at radius 2 is 2.60 bits per heavy atom. The van der Waals surface area contributed by atoms with Crippen LogP contribution in [0, 0.1) is 11.8 Å². The van der Waals surface area contributed by atoms with Crippen molar-refractivity contribution in [1.29, 1.82) is 0 Å². The minimum absolute atomic E-state index is 0.0787. The van der Waals surface area contributed by atoms with Gasteiger partial charge in [-0.15, -0.1) is 0 Å². The van der Waals surface area contributed by atoms with Gasteiger partial charge in [-0.1, -0.05) is 6.92 Å². The van der Waals surface area contributed by atoms with Crippen molar-refractivity contribution in [1.82, 2.24) is 0 Å². The molecule has 0 aromatic heterocycles. The summed E-state index contributed by atoms with van der Waals surface area (Å²) < 4.78 is 4.99. The lowest BCUT2D eigenvalue weighted by Gasteiger charge is -2.21. The van der Waals surface area contributed by atoms with Crippen LogP contribution in [0.15, 0.2) is 12.3 Å². The van der Waals surface area contributed by atoms with Gasteiger partial charge in [-0.05, 0) is 18.4 Å². The summed E-state index contributed by atoms with van der Waals surface area (Å²) in [6.45, 7) is 2.63. The number of hydrogen-bond acceptors (Lipinski definition) is 2. The molecule has 10 heavy (non-hydrogen) atoms. The predicted molar refractivity (Wildman–Crippen MR) is 38.4 cm³/mol. The molecule has 1 heterocycles. The van der Waals surface area contributed by atoms with Crippen LogP contribution in [0.2, 0.25) is 0 Å². The fourth-order valence-corrected chi connectivity index (χ4v) is 1.17. The molecule has 0 saturated carbocycles. The number of hydrogen-bond donors (Lipinski definition) is 0. The molecule has 1 rings (SSSR count). The Bertz CT molecular complexity index is 140. The zero-order valence-corrected chi connectivity index (χ0v) is 6.12. The lowest BCUT2D eigenvalue weighted by molar-refractivity contribution is -0.113. The fourth-order valence-electron chi connectivity index (χ4n) is 1.17. The molecular formula is C8H12O2. The van der Waals surface area contributed by atoms with Crippen molar-refractivity contribution < 1.29 is 9.53 Å². The van der Waals surface area contributed by atoms with Gasteiger partial charge in [0.2, 0.25) is 0 Å². The molecule has 0 bridgehead atoms. The first-order chi connectivity index (χ1) is 4.88. The highest BCUT2D eigenvalue weighted by Crippen LogP contribution is 2.19. The molecule has 0 N–H and O–H groups in total. The Morgan fingerprint density at radius 3 is 3.10 bits per heavy atom. The van der Waals surface area contributed by atoms with Gasteiger partial charge in [0.25, 0.3) is 0 Å². The number of carbonyl (C=O) groups excluding carboxylic acids is 1. The number of allylic oxidation sites excluding steroid dienone is 1. The minimum Gasteiger partial charge on any atom is -0.501 e. The van der Waals surface area contributed by atoms with E-state index in [-0.39, 0.29) is 5.92 Å². The average Bonchev–Trinajstić information content (AvgIpc) is 2.04. The maximum absolute atomic E-state index is 10.4. The first-order valence-corrected chi connectivity index (χ1v) is 3.62. The molecule has 0 saturated heterocycles. The van der Waals surface area contributed by atoms with Crippen LogP contribution in [-0.2, 0) is 9.53 Å². The summed E-state index contributed by atoms with van der Waals surface area (Å²) >= 11 is 0. The maximum Gasteiger partial charge on any atom is 0.127 e. The number of carbonyl (C=O) groups is 1. The summed E-state index contributed by atoms with van der Waals surface area (Å²) in [6, 6.07) is 0. The molecule has 0 aromatic carbocycles. The molecule has 1 aliphatic rings. The third-order valence-electron chi connectivity index (χ3n) is 1.91. The summed E-state index contributed by atoms with van der Waals surface area (Å²) in [5.74, 6) is 0.473. The second-order valence-corrected chi connectivity index (χ2v) is 2.53. The first kappa shape index (κ1) is 7.32. The second-order valence-electron chi connectivity index (χ2n) is 2.53. The van der Waals surface area contributed by atoms with Gasteiger partial charge in [-0.3, -0.25) is 0 Å². The van der Waals surface area contributed by atoms with Crippen LogP contribution < -0.4 is 0 Å². The Kier molecular flexibility index (Phi) is 2.49. The molecule has 0 spiro atoms. The van der Waals surface area contributed by atoms with Gasteiger partial charge in [0.05, 0.1) is 18.8 Å². The zero-order chi connectivity index (χ0) is 7.40. The first-order valence-electron chi connectivity index (χ1n) is 3.62. The lowest BCUT2D eigenvalue weighted by Crippen LogP contribution is -2.21. The Labute approximate surface area is 60.9 Å². The van der Waals surface area contributed by atoms with E-state index in [1.165, 1.54) is 0 Å². The van der Waals surface area contributed by atoms with E-state index in [1.807, 2.05) is 6.08 Å². The monoisotopic (exact) mass is 140 g/mol. The number of ether oxygens (including phenoxy) is 1. The maximum atomic E-state index is 10.4. The van der Waals surface area contributed by atoms with Gasteiger partial charge in [0, 0.05) is 0 Å². The molecule has 0 fully saturated rings. The van der Waals surface area contributed by atoms with E-state index in [0.717, 1.165) is 12.7 Å². The third-order valence-corrected chi connectivity index (χ3v) is 1.91. The lowest BCUT2D eigenvalue weighted by atomic mass is 9.91. The Balaban J connectivity index is 2.55. The summed E-state index contributed by atoms with van der Waals surface area (Å²) in [5, 5.41) is 0. The highest BCUT2D eigenvalue weighted by molar-refractivity contribution is 5.55. The van der Waals surface area contributed by atoms with Crippen molar-refractivity contribution in [2.45, 2.75) is 13.3 Å². The van der Waals surface area contributed by atoms with E-state index < -0.39 is 0 Å². The van der Waals surface area contributed by atoms with Gasteiger partial charge < -0.3 is 9.53 Å². The van der Waals surface area contributed by atoms with Crippen LogP contribution >= 0.6 is 0 Å². The van der Waals surface area contributed by atoms with Gasteiger partial charge in [0.1, 0.15) is 6.29 Å². The number of aldehydes is 1. The zero-order valence-electron chi connectivity index (χ0n) is 6.12. The van der Waals surface area contributed by atoms with Gasteiger partial charge >= 0.3 is 0 Å². The topological polar surface area (TPSA) is 26.3 Å². The van der Waals surface area contributed by atoms with Crippen LogP contribution in [-0.4, -0.2) is 12.9 Å². The fraction of sp³-hybridized carbons (Fsp3) is 0.625. The SMILES string of the molecule is CCC1C=COCC1C=O. The van der Waals surface area contributed by atoms with Crippen molar-refractivity contribution >= 4 is 6.29 Å². The molecule has 2 nitrogen and oxygen atoms in total. The van der Waals surface area contributed by atoms with Crippen LogP contribution in [0.5, 0.6) is 0 Å². The minimum atomic E-state index is 0.0787. The Hall–Kier alpha value is -0.790. The predicted octanol–water partition coefficient (Wildman–Crippen LogP) is 1.37. The van der Waals surface area contributed by atoms with E-state index >= 15 is 0 Å². The highest BCUT2D eigenvalue weighted by Gasteiger charge is 2.19. The average molecular weight is 140 g/mol. The molecule has 2 heteroatoms. The molecular weight excluding hydrogens is 128 g/mol. The molecule has 0 amide bonds. The summed E-state index contributed by atoms with van der Waals surface area (Å²) in [5.41, 5.74) is 0. The van der Waals surface area contributed by atoms with Gasteiger partial charge in [-0.2, -0.15) is 0 Å². The summed E-state index contributed by atoms with van der Waals surface area (Å²) in [6.07, 6.45) is 5.65.